The van der Waals surface area contributed by atoms with Gasteiger partial charge in [-0.1, -0.05) is 24.6 Å². The Bertz CT molecular complexity index is 578. The van der Waals surface area contributed by atoms with Gasteiger partial charge in [0.15, 0.2) is 0 Å². The molecule has 0 saturated carbocycles. The SMILES string of the molecule is CCCNc1cc(N(CC)c2ccc(C)cc2)nc(C)n1. The molecule has 0 aliphatic carbocycles. The van der Waals surface area contributed by atoms with E-state index in [2.05, 4.69) is 65.2 Å². The van der Waals surface area contributed by atoms with E-state index < -0.39 is 0 Å². The monoisotopic (exact) mass is 284 g/mol. The fraction of sp³-hybridized carbons (Fsp3) is 0.412. The minimum absolute atomic E-state index is 0.789. The number of nitrogens with one attached hydrogen (secondary N) is 1. The Morgan fingerprint density at radius 2 is 1.76 bits per heavy atom. The largest absolute Gasteiger partial charge is 0.370 e. The van der Waals surface area contributed by atoms with Gasteiger partial charge in [-0.25, -0.2) is 9.97 Å². The predicted octanol–water partition coefficient (Wildman–Crippen LogP) is 4.07. The summed E-state index contributed by atoms with van der Waals surface area (Å²) in [4.78, 5) is 11.2. The maximum absolute atomic E-state index is 4.59. The second kappa shape index (κ2) is 7.07. The van der Waals surface area contributed by atoms with E-state index >= 15 is 0 Å². The highest BCUT2D eigenvalue weighted by atomic mass is 15.2. The van der Waals surface area contributed by atoms with E-state index in [1.54, 1.807) is 0 Å². The second-order valence-corrected chi connectivity index (χ2v) is 5.17. The third-order valence-electron chi connectivity index (χ3n) is 3.32. The Balaban J connectivity index is 2.32. The minimum atomic E-state index is 0.789. The molecule has 0 saturated heterocycles. The molecule has 0 unspecified atom stereocenters. The Morgan fingerprint density at radius 1 is 1.05 bits per heavy atom. The van der Waals surface area contributed by atoms with Crippen LogP contribution in [0.15, 0.2) is 30.3 Å². The molecule has 112 valence electrons. The molecule has 1 heterocycles. The minimum Gasteiger partial charge on any atom is -0.370 e. The van der Waals surface area contributed by atoms with Crippen molar-refractivity contribution in [2.24, 2.45) is 0 Å². The topological polar surface area (TPSA) is 41.0 Å². The highest BCUT2D eigenvalue weighted by Crippen LogP contribution is 2.25. The summed E-state index contributed by atoms with van der Waals surface area (Å²) < 4.78 is 0. The third kappa shape index (κ3) is 3.94. The van der Waals surface area contributed by atoms with E-state index in [1.807, 2.05) is 13.0 Å². The van der Waals surface area contributed by atoms with Gasteiger partial charge in [0.2, 0.25) is 0 Å². The van der Waals surface area contributed by atoms with Crippen molar-refractivity contribution < 1.29 is 0 Å². The van der Waals surface area contributed by atoms with Crippen molar-refractivity contribution >= 4 is 17.3 Å². The Kier molecular flexibility index (Phi) is 5.14. The summed E-state index contributed by atoms with van der Waals surface area (Å²) in [5, 5.41) is 3.34. The van der Waals surface area contributed by atoms with Gasteiger partial charge in [0, 0.05) is 24.8 Å². The molecule has 0 fully saturated rings. The van der Waals surface area contributed by atoms with Gasteiger partial charge in [-0.15, -0.1) is 0 Å². The van der Waals surface area contributed by atoms with Crippen LogP contribution in [0.25, 0.3) is 0 Å². The lowest BCUT2D eigenvalue weighted by Gasteiger charge is -2.23. The van der Waals surface area contributed by atoms with E-state index in [0.717, 1.165) is 42.7 Å². The van der Waals surface area contributed by atoms with E-state index in [4.69, 9.17) is 0 Å². The molecule has 0 spiro atoms. The normalized spacial score (nSPS) is 10.5. The van der Waals surface area contributed by atoms with Crippen LogP contribution in [0.5, 0.6) is 0 Å². The molecule has 0 atom stereocenters. The van der Waals surface area contributed by atoms with Crippen molar-refractivity contribution in [2.75, 3.05) is 23.3 Å². The summed E-state index contributed by atoms with van der Waals surface area (Å²) in [6.45, 7) is 10.1. The molecule has 2 rings (SSSR count). The Labute approximate surface area is 127 Å². The van der Waals surface area contributed by atoms with Crippen LogP contribution in [-0.2, 0) is 0 Å². The molecular weight excluding hydrogens is 260 g/mol. The van der Waals surface area contributed by atoms with Crippen molar-refractivity contribution in [2.45, 2.75) is 34.1 Å². The number of rotatable bonds is 6. The molecular formula is C17H24N4. The molecule has 4 nitrogen and oxygen atoms in total. The number of benzene rings is 1. The standard InChI is InChI=1S/C17H24N4/c1-5-11-18-16-12-17(20-14(4)19-16)21(6-2)15-9-7-13(3)8-10-15/h7-10,12H,5-6,11H2,1-4H3,(H,18,19,20). The highest BCUT2D eigenvalue weighted by molar-refractivity contribution is 5.62. The molecule has 1 aromatic heterocycles. The van der Waals surface area contributed by atoms with Crippen LogP contribution >= 0.6 is 0 Å². The van der Waals surface area contributed by atoms with Crippen molar-refractivity contribution in [3.8, 4) is 0 Å². The van der Waals surface area contributed by atoms with Gasteiger partial charge in [-0.2, -0.15) is 0 Å². The first-order valence-corrected chi connectivity index (χ1v) is 7.57. The maximum atomic E-state index is 4.59. The number of hydrogen-bond donors (Lipinski definition) is 1. The van der Waals surface area contributed by atoms with Crippen molar-refractivity contribution in [1.82, 2.24) is 9.97 Å². The van der Waals surface area contributed by atoms with Crippen molar-refractivity contribution in [3.63, 3.8) is 0 Å². The summed E-state index contributed by atoms with van der Waals surface area (Å²) in [5.41, 5.74) is 2.42. The second-order valence-electron chi connectivity index (χ2n) is 5.17. The molecule has 0 radical (unpaired) electrons. The van der Waals surface area contributed by atoms with Gasteiger partial charge in [0.25, 0.3) is 0 Å². The predicted molar refractivity (Wildman–Crippen MR) is 89.4 cm³/mol. The van der Waals surface area contributed by atoms with Gasteiger partial charge < -0.3 is 10.2 Å². The number of nitrogens with zero attached hydrogens (tertiary/aromatic N) is 3. The van der Waals surface area contributed by atoms with Crippen molar-refractivity contribution in [1.29, 1.82) is 0 Å². The molecule has 4 heteroatoms. The average molecular weight is 284 g/mol. The Morgan fingerprint density at radius 3 is 2.38 bits per heavy atom. The first kappa shape index (κ1) is 15.3. The van der Waals surface area contributed by atoms with Gasteiger partial charge >= 0.3 is 0 Å². The van der Waals surface area contributed by atoms with E-state index in [0.29, 0.717) is 0 Å². The Hall–Kier alpha value is -2.10. The van der Waals surface area contributed by atoms with Gasteiger partial charge in [0.1, 0.15) is 17.5 Å². The molecule has 1 aromatic carbocycles. The van der Waals surface area contributed by atoms with E-state index in [1.165, 1.54) is 5.56 Å². The van der Waals surface area contributed by atoms with Crippen LogP contribution in [0.1, 0.15) is 31.7 Å². The molecule has 1 N–H and O–H groups in total. The van der Waals surface area contributed by atoms with Gasteiger partial charge in [-0.3, -0.25) is 0 Å². The van der Waals surface area contributed by atoms with E-state index in [9.17, 15) is 0 Å². The third-order valence-corrected chi connectivity index (χ3v) is 3.32. The zero-order valence-electron chi connectivity index (χ0n) is 13.3. The zero-order chi connectivity index (χ0) is 15.2. The molecule has 0 amide bonds. The molecule has 2 aromatic rings. The fourth-order valence-corrected chi connectivity index (χ4v) is 2.24. The van der Waals surface area contributed by atoms with Crippen LogP contribution in [0.4, 0.5) is 17.3 Å². The lowest BCUT2D eigenvalue weighted by molar-refractivity contribution is 0.930. The fourth-order valence-electron chi connectivity index (χ4n) is 2.24. The molecule has 0 aliphatic rings. The van der Waals surface area contributed by atoms with Crippen LogP contribution in [0, 0.1) is 13.8 Å². The molecule has 0 bridgehead atoms. The summed E-state index contributed by atoms with van der Waals surface area (Å²) in [7, 11) is 0. The van der Waals surface area contributed by atoms with Gasteiger partial charge in [-0.05, 0) is 39.3 Å². The number of hydrogen-bond acceptors (Lipinski definition) is 4. The van der Waals surface area contributed by atoms with E-state index in [-0.39, 0.29) is 0 Å². The first-order chi connectivity index (χ1) is 10.1. The molecule has 0 aliphatic heterocycles. The maximum Gasteiger partial charge on any atom is 0.138 e. The van der Waals surface area contributed by atoms with Crippen LogP contribution in [-0.4, -0.2) is 23.1 Å². The first-order valence-electron chi connectivity index (χ1n) is 7.57. The summed E-state index contributed by atoms with van der Waals surface area (Å²) in [5.74, 6) is 2.62. The molecule has 21 heavy (non-hydrogen) atoms. The lowest BCUT2D eigenvalue weighted by Crippen LogP contribution is -2.18. The smallest absolute Gasteiger partial charge is 0.138 e. The van der Waals surface area contributed by atoms with Crippen molar-refractivity contribution in [3.05, 3.63) is 41.7 Å². The summed E-state index contributed by atoms with van der Waals surface area (Å²) in [6, 6.07) is 10.5. The van der Waals surface area contributed by atoms with Crippen LogP contribution in [0.3, 0.4) is 0 Å². The number of aryl methyl sites for hydroxylation is 2. The summed E-state index contributed by atoms with van der Waals surface area (Å²) >= 11 is 0. The van der Waals surface area contributed by atoms with Gasteiger partial charge in [0.05, 0.1) is 0 Å². The zero-order valence-corrected chi connectivity index (χ0v) is 13.3. The highest BCUT2D eigenvalue weighted by Gasteiger charge is 2.11. The quantitative estimate of drug-likeness (QED) is 0.868. The average Bonchev–Trinajstić information content (AvgIpc) is 2.47. The van der Waals surface area contributed by atoms with Crippen LogP contribution < -0.4 is 10.2 Å². The number of aromatic nitrogens is 2. The summed E-state index contributed by atoms with van der Waals surface area (Å²) in [6.07, 6.45) is 1.08. The van der Waals surface area contributed by atoms with Crippen LogP contribution in [0.2, 0.25) is 0 Å². The lowest BCUT2D eigenvalue weighted by atomic mass is 10.2. The number of anilines is 3.